The molecular formula is C16H18BrN3O2. The van der Waals surface area contributed by atoms with E-state index in [4.69, 9.17) is 0 Å². The number of ether oxygens (including phenoxy) is 1. The van der Waals surface area contributed by atoms with Crippen molar-refractivity contribution in [2.45, 2.75) is 32.2 Å². The van der Waals surface area contributed by atoms with Crippen molar-refractivity contribution in [3.63, 3.8) is 0 Å². The largest absolute Gasteiger partial charge is 0.464 e. The fourth-order valence-electron chi connectivity index (χ4n) is 2.93. The molecule has 0 bridgehead atoms. The van der Waals surface area contributed by atoms with Crippen LogP contribution in [0.4, 0.5) is 0 Å². The van der Waals surface area contributed by atoms with Crippen LogP contribution in [0, 0.1) is 5.92 Å². The Hall–Kier alpha value is -1.69. The maximum Gasteiger partial charge on any atom is 0.356 e. The molecule has 0 aromatic carbocycles. The van der Waals surface area contributed by atoms with Crippen LogP contribution in [0.1, 0.15) is 36.2 Å². The van der Waals surface area contributed by atoms with Crippen LogP contribution in [0.5, 0.6) is 0 Å². The Bertz CT molecular complexity index is 678. The van der Waals surface area contributed by atoms with E-state index >= 15 is 0 Å². The lowest BCUT2D eigenvalue weighted by Gasteiger charge is -2.08. The average molecular weight is 364 g/mol. The Morgan fingerprint density at radius 1 is 1.41 bits per heavy atom. The van der Waals surface area contributed by atoms with Gasteiger partial charge in [0.25, 0.3) is 0 Å². The number of pyridine rings is 1. The molecule has 2 heterocycles. The summed E-state index contributed by atoms with van der Waals surface area (Å²) < 4.78 is 7.30. The first kappa shape index (κ1) is 15.2. The van der Waals surface area contributed by atoms with Crippen molar-refractivity contribution in [3.05, 3.63) is 34.8 Å². The van der Waals surface area contributed by atoms with Gasteiger partial charge in [-0.3, -0.25) is 4.68 Å². The molecule has 1 aliphatic carbocycles. The number of rotatable bonds is 4. The van der Waals surface area contributed by atoms with E-state index in [1.54, 1.807) is 6.07 Å². The fourth-order valence-corrected chi connectivity index (χ4v) is 3.48. The van der Waals surface area contributed by atoms with Gasteiger partial charge in [-0.15, -0.1) is 0 Å². The van der Waals surface area contributed by atoms with Gasteiger partial charge in [-0.1, -0.05) is 12.8 Å². The number of esters is 1. The lowest BCUT2D eigenvalue weighted by Crippen LogP contribution is -2.07. The lowest BCUT2D eigenvalue weighted by molar-refractivity contribution is 0.0594. The fraction of sp³-hybridized carbons (Fsp3) is 0.438. The van der Waals surface area contributed by atoms with Gasteiger partial charge in [0.1, 0.15) is 10.3 Å². The second-order valence-corrected chi connectivity index (χ2v) is 6.38. The Kier molecular flexibility index (Phi) is 4.57. The monoisotopic (exact) mass is 363 g/mol. The van der Waals surface area contributed by atoms with E-state index in [1.165, 1.54) is 32.8 Å². The van der Waals surface area contributed by atoms with E-state index in [1.807, 2.05) is 23.1 Å². The van der Waals surface area contributed by atoms with Crippen LogP contribution in [0.3, 0.4) is 0 Å². The van der Waals surface area contributed by atoms with E-state index in [0.29, 0.717) is 4.60 Å². The molecule has 0 spiro atoms. The number of hydrogen-bond acceptors (Lipinski definition) is 4. The van der Waals surface area contributed by atoms with E-state index < -0.39 is 5.97 Å². The number of halogens is 1. The molecule has 1 fully saturated rings. The predicted molar refractivity (Wildman–Crippen MR) is 86.5 cm³/mol. The highest BCUT2D eigenvalue weighted by Crippen LogP contribution is 2.29. The zero-order chi connectivity index (χ0) is 15.5. The van der Waals surface area contributed by atoms with Gasteiger partial charge in [0.15, 0.2) is 0 Å². The molecule has 1 aliphatic rings. The molecule has 0 N–H and O–H groups in total. The molecule has 0 amide bonds. The molecule has 5 nitrogen and oxygen atoms in total. The SMILES string of the molecule is COC(=O)c1ccc(-c2cnn(CC3CCCC3)c2)c(Br)n1. The summed E-state index contributed by atoms with van der Waals surface area (Å²) in [7, 11) is 1.35. The summed E-state index contributed by atoms with van der Waals surface area (Å²) >= 11 is 3.42. The first-order valence-corrected chi connectivity index (χ1v) is 8.24. The number of nitrogens with zero attached hydrogens (tertiary/aromatic N) is 3. The second-order valence-electron chi connectivity index (χ2n) is 5.63. The molecule has 0 atom stereocenters. The minimum absolute atomic E-state index is 0.288. The molecule has 0 saturated heterocycles. The normalized spacial score (nSPS) is 15.2. The van der Waals surface area contributed by atoms with Crippen LogP contribution >= 0.6 is 15.9 Å². The van der Waals surface area contributed by atoms with E-state index in [-0.39, 0.29) is 5.69 Å². The maximum absolute atomic E-state index is 11.5. The van der Waals surface area contributed by atoms with E-state index in [2.05, 4.69) is 30.7 Å². The third-order valence-corrected chi connectivity index (χ3v) is 4.71. The van der Waals surface area contributed by atoms with Crippen molar-refractivity contribution < 1.29 is 9.53 Å². The molecule has 22 heavy (non-hydrogen) atoms. The van der Waals surface area contributed by atoms with Crippen molar-refractivity contribution in [2.24, 2.45) is 5.92 Å². The number of aromatic nitrogens is 3. The summed E-state index contributed by atoms with van der Waals surface area (Å²) in [4.78, 5) is 15.7. The Morgan fingerprint density at radius 2 is 2.18 bits per heavy atom. The van der Waals surface area contributed by atoms with Crippen LogP contribution in [-0.2, 0) is 11.3 Å². The highest BCUT2D eigenvalue weighted by atomic mass is 79.9. The van der Waals surface area contributed by atoms with Crippen molar-refractivity contribution in [2.75, 3.05) is 7.11 Å². The van der Waals surface area contributed by atoms with Crippen molar-refractivity contribution in [1.82, 2.24) is 14.8 Å². The van der Waals surface area contributed by atoms with Crippen molar-refractivity contribution >= 4 is 21.9 Å². The van der Waals surface area contributed by atoms with E-state index in [9.17, 15) is 4.79 Å². The molecule has 1 saturated carbocycles. The third kappa shape index (κ3) is 3.21. The van der Waals surface area contributed by atoms with Gasteiger partial charge < -0.3 is 4.74 Å². The first-order valence-electron chi connectivity index (χ1n) is 7.45. The molecular weight excluding hydrogens is 346 g/mol. The van der Waals surface area contributed by atoms with Gasteiger partial charge in [-0.2, -0.15) is 5.10 Å². The van der Waals surface area contributed by atoms with Gasteiger partial charge in [-0.05, 0) is 46.8 Å². The highest BCUT2D eigenvalue weighted by Gasteiger charge is 2.17. The Labute approximate surface area is 137 Å². The quantitative estimate of drug-likeness (QED) is 0.613. The lowest BCUT2D eigenvalue weighted by atomic mass is 10.1. The summed E-state index contributed by atoms with van der Waals surface area (Å²) in [6, 6.07) is 3.53. The van der Waals surface area contributed by atoms with Gasteiger partial charge in [0.05, 0.1) is 13.3 Å². The average Bonchev–Trinajstić information content (AvgIpc) is 3.19. The molecule has 2 aromatic rings. The molecule has 116 valence electrons. The van der Waals surface area contributed by atoms with Gasteiger partial charge >= 0.3 is 5.97 Å². The van der Waals surface area contributed by atoms with Gasteiger partial charge in [-0.25, -0.2) is 9.78 Å². The summed E-state index contributed by atoms with van der Waals surface area (Å²) in [5.74, 6) is 0.306. The summed E-state index contributed by atoms with van der Waals surface area (Å²) in [5.41, 5.74) is 2.20. The topological polar surface area (TPSA) is 57.0 Å². The molecule has 0 aliphatic heterocycles. The smallest absolute Gasteiger partial charge is 0.356 e. The number of carbonyl (C=O) groups is 1. The van der Waals surface area contributed by atoms with Gasteiger partial charge in [0, 0.05) is 23.9 Å². The first-order chi connectivity index (χ1) is 10.7. The van der Waals surface area contributed by atoms with E-state index in [0.717, 1.165) is 23.6 Å². The number of hydrogen-bond donors (Lipinski definition) is 0. The van der Waals surface area contributed by atoms with Crippen LogP contribution in [0.15, 0.2) is 29.1 Å². The Morgan fingerprint density at radius 3 is 2.86 bits per heavy atom. The van der Waals surface area contributed by atoms with Crippen molar-refractivity contribution in [3.8, 4) is 11.1 Å². The molecule has 0 unspecified atom stereocenters. The van der Waals surface area contributed by atoms with Crippen LogP contribution < -0.4 is 0 Å². The highest BCUT2D eigenvalue weighted by molar-refractivity contribution is 9.10. The predicted octanol–water partition coefficient (Wildman–Crippen LogP) is 3.68. The summed E-state index contributed by atoms with van der Waals surface area (Å²) in [6.45, 7) is 0.977. The minimum Gasteiger partial charge on any atom is -0.464 e. The summed E-state index contributed by atoms with van der Waals surface area (Å²) in [6.07, 6.45) is 9.15. The van der Waals surface area contributed by atoms with Crippen LogP contribution in [0.25, 0.3) is 11.1 Å². The number of methoxy groups -OCH3 is 1. The van der Waals surface area contributed by atoms with Crippen LogP contribution in [0.2, 0.25) is 0 Å². The standard InChI is InChI=1S/C16H18BrN3O2/c1-22-16(21)14-7-6-13(15(17)19-14)12-8-18-20(10-12)9-11-4-2-3-5-11/h6-8,10-11H,2-5,9H2,1H3. The third-order valence-electron chi connectivity index (χ3n) is 4.11. The molecule has 0 radical (unpaired) electrons. The molecule has 3 rings (SSSR count). The molecule has 6 heteroatoms. The zero-order valence-corrected chi connectivity index (χ0v) is 14.0. The maximum atomic E-state index is 11.5. The minimum atomic E-state index is -0.441. The Balaban J connectivity index is 1.79. The molecule has 2 aromatic heterocycles. The summed E-state index contributed by atoms with van der Waals surface area (Å²) in [5, 5.41) is 4.45. The zero-order valence-electron chi connectivity index (χ0n) is 12.5. The van der Waals surface area contributed by atoms with Crippen LogP contribution in [-0.4, -0.2) is 27.8 Å². The number of carbonyl (C=O) groups excluding carboxylic acids is 1. The van der Waals surface area contributed by atoms with Gasteiger partial charge in [0.2, 0.25) is 0 Å². The van der Waals surface area contributed by atoms with Crippen molar-refractivity contribution in [1.29, 1.82) is 0 Å². The second kappa shape index (κ2) is 6.60.